The summed E-state index contributed by atoms with van der Waals surface area (Å²) in [6.45, 7) is 1.25. The third kappa shape index (κ3) is 3.24. The normalized spacial score (nSPS) is 23.8. The van der Waals surface area contributed by atoms with E-state index >= 15 is 0 Å². The van der Waals surface area contributed by atoms with Gasteiger partial charge in [0, 0.05) is 18.8 Å². The van der Waals surface area contributed by atoms with Crippen LogP contribution < -0.4 is 5.32 Å². The molecule has 7 heteroatoms. The quantitative estimate of drug-likeness (QED) is 0.894. The van der Waals surface area contributed by atoms with Gasteiger partial charge >= 0.3 is 0 Å². The summed E-state index contributed by atoms with van der Waals surface area (Å²) in [6, 6.07) is 5.12. The standard InChI is InChI=1S/C18H22N4O3/c23-17(21-12-6-7-13-14(10-12)20-11-19-13)15-4-1-2-8-22(15)18(24)16-5-3-9-25-16/h6-7,10-11,15-16H,1-5,8-9H2,(H,19,20)(H,21,23)/t15-,16-/m1/s1. The SMILES string of the molecule is O=C(Nc1ccc2nc[nH]c2c1)[C@H]1CCCCN1C(=O)[C@H]1CCCO1. The Hall–Kier alpha value is -2.41. The third-order valence-electron chi connectivity index (χ3n) is 4.98. The van der Waals surface area contributed by atoms with Crippen LogP contribution in [0.15, 0.2) is 24.5 Å². The molecule has 2 aromatic rings. The highest BCUT2D eigenvalue weighted by Crippen LogP contribution is 2.24. The molecule has 2 saturated heterocycles. The molecule has 132 valence electrons. The van der Waals surface area contributed by atoms with Crippen LogP contribution in [0.25, 0.3) is 11.0 Å². The number of nitrogens with zero attached hydrogens (tertiary/aromatic N) is 2. The molecule has 2 fully saturated rings. The predicted molar refractivity (Wildman–Crippen MR) is 93.0 cm³/mol. The number of aromatic nitrogens is 2. The average molecular weight is 342 g/mol. The van der Waals surface area contributed by atoms with Crippen molar-refractivity contribution in [1.29, 1.82) is 0 Å². The molecule has 0 aliphatic carbocycles. The molecule has 3 heterocycles. The summed E-state index contributed by atoms with van der Waals surface area (Å²) in [6.07, 6.45) is 5.48. The van der Waals surface area contributed by atoms with Gasteiger partial charge in [-0.25, -0.2) is 4.98 Å². The maximum Gasteiger partial charge on any atom is 0.252 e. The van der Waals surface area contributed by atoms with Crippen LogP contribution in [-0.2, 0) is 14.3 Å². The Morgan fingerprint density at radius 1 is 1.24 bits per heavy atom. The zero-order valence-electron chi connectivity index (χ0n) is 14.0. The lowest BCUT2D eigenvalue weighted by Gasteiger charge is -2.36. The van der Waals surface area contributed by atoms with E-state index in [-0.39, 0.29) is 17.9 Å². The fraction of sp³-hybridized carbons (Fsp3) is 0.500. The van der Waals surface area contributed by atoms with Gasteiger partial charge in [-0.15, -0.1) is 0 Å². The number of piperidine rings is 1. The van der Waals surface area contributed by atoms with Gasteiger partial charge in [-0.05, 0) is 50.3 Å². The van der Waals surface area contributed by atoms with Gasteiger partial charge in [0.1, 0.15) is 12.1 Å². The lowest BCUT2D eigenvalue weighted by Crippen LogP contribution is -2.52. The Morgan fingerprint density at radius 3 is 3.00 bits per heavy atom. The summed E-state index contributed by atoms with van der Waals surface area (Å²) >= 11 is 0. The zero-order chi connectivity index (χ0) is 17.2. The van der Waals surface area contributed by atoms with Crippen LogP contribution >= 0.6 is 0 Å². The number of amides is 2. The van der Waals surface area contributed by atoms with Crippen LogP contribution in [0.3, 0.4) is 0 Å². The van der Waals surface area contributed by atoms with E-state index in [1.807, 2.05) is 18.2 Å². The van der Waals surface area contributed by atoms with Gasteiger partial charge < -0.3 is 19.9 Å². The van der Waals surface area contributed by atoms with Crippen molar-refractivity contribution in [2.75, 3.05) is 18.5 Å². The molecule has 2 aliphatic heterocycles. The van der Waals surface area contributed by atoms with Gasteiger partial charge in [-0.3, -0.25) is 9.59 Å². The van der Waals surface area contributed by atoms with Crippen LogP contribution in [0.4, 0.5) is 5.69 Å². The first-order chi connectivity index (χ1) is 12.2. The second kappa shape index (κ2) is 6.84. The van der Waals surface area contributed by atoms with Gasteiger partial charge in [-0.2, -0.15) is 0 Å². The number of hydrogen-bond acceptors (Lipinski definition) is 4. The van der Waals surface area contributed by atoms with Gasteiger partial charge in [0.05, 0.1) is 17.4 Å². The third-order valence-corrected chi connectivity index (χ3v) is 4.98. The van der Waals surface area contributed by atoms with E-state index in [2.05, 4.69) is 15.3 Å². The molecule has 0 spiro atoms. The van der Waals surface area contributed by atoms with Crippen molar-refractivity contribution in [3.8, 4) is 0 Å². The Bertz CT molecular complexity index is 781. The summed E-state index contributed by atoms with van der Waals surface area (Å²) in [7, 11) is 0. The summed E-state index contributed by atoms with van der Waals surface area (Å²) < 4.78 is 5.52. The molecular formula is C18H22N4O3. The first kappa shape index (κ1) is 16.1. The Labute approximate surface area is 145 Å². The minimum atomic E-state index is -0.428. The number of nitrogens with one attached hydrogen (secondary N) is 2. The van der Waals surface area contributed by atoms with Gasteiger partial charge in [0.15, 0.2) is 0 Å². The largest absolute Gasteiger partial charge is 0.368 e. The van der Waals surface area contributed by atoms with Crippen molar-refractivity contribution in [3.63, 3.8) is 0 Å². The van der Waals surface area contributed by atoms with Crippen LogP contribution in [-0.4, -0.2) is 52.0 Å². The highest BCUT2D eigenvalue weighted by atomic mass is 16.5. The number of carbonyl (C=O) groups excluding carboxylic acids is 2. The van der Waals surface area contributed by atoms with Crippen molar-refractivity contribution in [3.05, 3.63) is 24.5 Å². The van der Waals surface area contributed by atoms with E-state index in [9.17, 15) is 9.59 Å². The second-order valence-electron chi connectivity index (χ2n) is 6.67. The Kier molecular flexibility index (Phi) is 4.40. The monoisotopic (exact) mass is 342 g/mol. The van der Waals surface area contributed by atoms with Crippen molar-refractivity contribution in [2.24, 2.45) is 0 Å². The van der Waals surface area contributed by atoms with Gasteiger partial charge in [0.25, 0.3) is 5.91 Å². The van der Waals surface area contributed by atoms with Crippen molar-refractivity contribution < 1.29 is 14.3 Å². The predicted octanol–water partition coefficient (Wildman–Crippen LogP) is 2.06. The summed E-state index contributed by atoms with van der Waals surface area (Å²) in [5.41, 5.74) is 2.43. The zero-order valence-corrected chi connectivity index (χ0v) is 14.0. The van der Waals surface area contributed by atoms with Gasteiger partial charge in [-0.1, -0.05) is 0 Å². The number of likely N-dealkylation sites (tertiary alicyclic amines) is 1. The lowest BCUT2D eigenvalue weighted by molar-refractivity contribution is -0.148. The highest BCUT2D eigenvalue weighted by molar-refractivity contribution is 5.99. The van der Waals surface area contributed by atoms with Crippen LogP contribution in [0.5, 0.6) is 0 Å². The van der Waals surface area contributed by atoms with Crippen LogP contribution in [0, 0.1) is 0 Å². The lowest BCUT2D eigenvalue weighted by atomic mass is 10.00. The van der Waals surface area contributed by atoms with E-state index < -0.39 is 6.04 Å². The number of benzene rings is 1. The first-order valence-electron chi connectivity index (χ1n) is 8.88. The molecule has 0 saturated carbocycles. The molecule has 0 bridgehead atoms. The average Bonchev–Trinajstić information content (AvgIpc) is 3.32. The smallest absolute Gasteiger partial charge is 0.252 e. The minimum Gasteiger partial charge on any atom is -0.368 e. The molecule has 7 nitrogen and oxygen atoms in total. The molecule has 2 aliphatic rings. The van der Waals surface area contributed by atoms with Gasteiger partial charge in [0.2, 0.25) is 5.91 Å². The number of hydrogen-bond donors (Lipinski definition) is 2. The maximum atomic E-state index is 12.8. The number of carbonyl (C=O) groups is 2. The molecule has 2 amide bonds. The number of H-pyrrole nitrogens is 1. The maximum absolute atomic E-state index is 12.8. The van der Waals surface area contributed by atoms with Crippen LogP contribution in [0.2, 0.25) is 0 Å². The van der Waals surface area contributed by atoms with E-state index in [4.69, 9.17) is 4.74 Å². The number of rotatable bonds is 3. The molecule has 1 aromatic heterocycles. The topological polar surface area (TPSA) is 87.3 Å². The highest BCUT2D eigenvalue weighted by Gasteiger charge is 2.37. The van der Waals surface area contributed by atoms with E-state index in [0.717, 1.165) is 36.7 Å². The summed E-state index contributed by atoms with van der Waals surface area (Å²) in [4.78, 5) is 34.4. The van der Waals surface area contributed by atoms with Crippen LogP contribution in [0.1, 0.15) is 32.1 Å². The summed E-state index contributed by atoms with van der Waals surface area (Å²) in [5, 5.41) is 2.95. The molecule has 2 N–H and O–H groups in total. The van der Waals surface area contributed by atoms with Crippen molar-refractivity contribution in [1.82, 2.24) is 14.9 Å². The minimum absolute atomic E-state index is 0.0404. The first-order valence-corrected chi connectivity index (χ1v) is 8.88. The molecular weight excluding hydrogens is 320 g/mol. The fourth-order valence-electron chi connectivity index (χ4n) is 3.66. The number of fused-ring (bicyclic) bond motifs is 1. The molecule has 4 rings (SSSR count). The Morgan fingerprint density at radius 2 is 2.16 bits per heavy atom. The fourth-order valence-corrected chi connectivity index (χ4v) is 3.66. The van der Waals surface area contributed by atoms with Crippen molar-refractivity contribution >= 4 is 28.5 Å². The molecule has 0 radical (unpaired) electrons. The Balaban J connectivity index is 1.49. The number of imidazole rings is 1. The van der Waals surface area contributed by atoms with E-state index in [0.29, 0.717) is 25.3 Å². The number of aromatic amines is 1. The molecule has 0 unspecified atom stereocenters. The molecule has 2 atom stereocenters. The molecule has 25 heavy (non-hydrogen) atoms. The van der Waals surface area contributed by atoms with Crippen molar-refractivity contribution in [2.45, 2.75) is 44.2 Å². The summed E-state index contributed by atoms with van der Waals surface area (Å²) in [5.74, 6) is -0.175. The molecule has 1 aromatic carbocycles. The number of ether oxygens (including phenoxy) is 1. The van der Waals surface area contributed by atoms with E-state index in [1.165, 1.54) is 0 Å². The number of anilines is 1. The van der Waals surface area contributed by atoms with E-state index in [1.54, 1.807) is 11.2 Å². The second-order valence-corrected chi connectivity index (χ2v) is 6.67.